The molecule has 3 rings (SSSR count). The van der Waals surface area contributed by atoms with Gasteiger partial charge in [0.2, 0.25) is 5.91 Å². The first-order chi connectivity index (χ1) is 11.8. The molecule has 1 saturated heterocycles. The lowest BCUT2D eigenvalue weighted by Crippen LogP contribution is -2.42. The Balaban J connectivity index is 1.69. The quantitative estimate of drug-likeness (QED) is 0.875. The summed E-state index contributed by atoms with van der Waals surface area (Å²) in [4.78, 5) is 23.1. The van der Waals surface area contributed by atoms with Crippen LogP contribution < -0.4 is 5.32 Å². The van der Waals surface area contributed by atoms with Gasteiger partial charge in [-0.05, 0) is 36.9 Å². The third kappa shape index (κ3) is 4.39. The fourth-order valence-electron chi connectivity index (χ4n) is 3.30. The molecule has 24 heavy (non-hydrogen) atoms. The average Bonchev–Trinajstić information content (AvgIpc) is 3.15. The fraction of sp³-hybridized carbons (Fsp3) is 0.500. The first-order valence-electron chi connectivity index (χ1n) is 8.56. The van der Waals surface area contributed by atoms with Crippen molar-refractivity contribution in [2.75, 3.05) is 13.1 Å². The first kappa shape index (κ1) is 17.0. The van der Waals surface area contributed by atoms with Crippen molar-refractivity contribution >= 4 is 17.2 Å². The van der Waals surface area contributed by atoms with Gasteiger partial charge in [-0.2, -0.15) is 0 Å². The molecule has 6 heteroatoms. The number of nitrogens with one attached hydrogen (secondary N) is 1. The highest BCUT2D eigenvalue weighted by Gasteiger charge is 2.30. The minimum Gasteiger partial charge on any atom is -0.347 e. The zero-order valence-electron chi connectivity index (χ0n) is 14.0. The molecule has 2 aromatic heterocycles. The van der Waals surface area contributed by atoms with Crippen molar-refractivity contribution in [3.05, 3.63) is 46.7 Å². The van der Waals surface area contributed by atoms with Crippen molar-refractivity contribution in [3.8, 4) is 0 Å². The van der Waals surface area contributed by atoms with Crippen LogP contribution in [0.2, 0.25) is 0 Å². The second-order valence-electron chi connectivity index (χ2n) is 6.27. The van der Waals surface area contributed by atoms with E-state index < -0.39 is 0 Å². The van der Waals surface area contributed by atoms with E-state index in [9.17, 15) is 4.79 Å². The van der Waals surface area contributed by atoms with Gasteiger partial charge >= 0.3 is 0 Å². The van der Waals surface area contributed by atoms with Crippen LogP contribution >= 0.6 is 11.3 Å². The van der Waals surface area contributed by atoms with Crippen LogP contribution in [0.5, 0.6) is 0 Å². The smallest absolute Gasteiger partial charge is 0.220 e. The number of aromatic nitrogens is 2. The number of hydrogen-bond donors (Lipinski definition) is 1. The van der Waals surface area contributed by atoms with E-state index in [1.165, 1.54) is 5.56 Å². The minimum absolute atomic E-state index is 0.0224. The van der Waals surface area contributed by atoms with E-state index >= 15 is 0 Å². The van der Waals surface area contributed by atoms with Crippen LogP contribution in [-0.4, -0.2) is 33.9 Å². The van der Waals surface area contributed by atoms with E-state index in [1.54, 1.807) is 17.5 Å². The van der Waals surface area contributed by atoms with E-state index in [0.29, 0.717) is 12.3 Å². The molecule has 2 aromatic rings. The Labute approximate surface area is 147 Å². The third-order valence-corrected chi connectivity index (χ3v) is 5.36. The highest BCUT2D eigenvalue weighted by atomic mass is 32.1. The van der Waals surface area contributed by atoms with Crippen molar-refractivity contribution < 1.29 is 4.79 Å². The number of hydrogen-bond acceptors (Lipinski definition) is 5. The molecule has 1 amide bonds. The van der Waals surface area contributed by atoms with Crippen molar-refractivity contribution in [2.45, 2.75) is 38.8 Å². The Hall–Kier alpha value is -1.79. The Morgan fingerprint density at radius 1 is 1.50 bits per heavy atom. The number of rotatable bonds is 6. The van der Waals surface area contributed by atoms with Gasteiger partial charge in [-0.3, -0.25) is 14.7 Å². The van der Waals surface area contributed by atoms with Crippen molar-refractivity contribution in [1.82, 2.24) is 20.2 Å². The summed E-state index contributed by atoms with van der Waals surface area (Å²) in [5.74, 6) is 0.497. The molecule has 0 aromatic carbocycles. The maximum Gasteiger partial charge on any atom is 0.220 e. The molecular weight excluding hydrogens is 320 g/mol. The summed E-state index contributed by atoms with van der Waals surface area (Å²) in [5, 5.41) is 6.19. The van der Waals surface area contributed by atoms with Crippen molar-refractivity contribution in [1.29, 1.82) is 0 Å². The largest absolute Gasteiger partial charge is 0.347 e. The van der Waals surface area contributed by atoms with Crippen LogP contribution in [-0.2, 0) is 11.3 Å². The van der Waals surface area contributed by atoms with E-state index in [0.717, 1.165) is 37.5 Å². The van der Waals surface area contributed by atoms with E-state index in [2.05, 4.69) is 26.3 Å². The standard InChI is InChI=1S/C18H24N4OS/c1-2-16(23)21-17(18-20-8-10-24-18)15-6-4-9-22(13-15)12-14-5-3-7-19-11-14/h3,5,7-8,10-11,15,17H,2,4,6,9,12-13H2,1H3,(H,21,23)/t15-,17-/m0/s1. The highest BCUT2D eigenvalue weighted by Crippen LogP contribution is 2.31. The predicted octanol–water partition coefficient (Wildman–Crippen LogP) is 3.02. The maximum atomic E-state index is 12.0. The summed E-state index contributed by atoms with van der Waals surface area (Å²) in [6.07, 6.45) is 8.34. The molecule has 1 fully saturated rings. The summed E-state index contributed by atoms with van der Waals surface area (Å²) in [7, 11) is 0. The third-order valence-electron chi connectivity index (χ3n) is 4.50. The number of carbonyl (C=O) groups excluding carboxylic acids is 1. The molecular formula is C18H24N4OS. The number of amides is 1. The Bertz CT molecular complexity index is 632. The zero-order valence-corrected chi connectivity index (χ0v) is 14.8. The lowest BCUT2D eigenvalue weighted by molar-refractivity contribution is -0.122. The van der Waals surface area contributed by atoms with Crippen LogP contribution in [0.25, 0.3) is 0 Å². The molecule has 0 aliphatic carbocycles. The van der Waals surface area contributed by atoms with Gasteiger partial charge in [-0.25, -0.2) is 4.98 Å². The molecule has 0 unspecified atom stereocenters. The summed E-state index contributed by atoms with van der Waals surface area (Å²) in [6, 6.07) is 4.12. The number of piperidine rings is 1. The summed E-state index contributed by atoms with van der Waals surface area (Å²) < 4.78 is 0. The van der Waals surface area contributed by atoms with Crippen LogP contribution in [0.1, 0.15) is 42.8 Å². The molecule has 0 bridgehead atoms. The van der Waals surface area contributed by atoms with Gasteiger partial charge in [0.05, 0.1) is 6.04 Å². The molecule has 3 heterocycles. The van der Waals surface area contributed by atoms with Crippen molar-refractivity contribution in [3.63, 3.8) is 0 Å². The van der Waals surface area contributed by atoms with Gasteiger partial charge in [0.25, 0.3) is 0 Å². The summed E-state index contributed by atoms with van der Waals surface area (Å²) in [6.45, 7) is 4.88. The number of pyridine rings is 1. The maximum absolute atomic E-state index is 12.0. The molecule has 0 radical (unpaired) electrons. The molecule has 128 valence electrons. The van der Waals surface area contributed by atoms with Gasteiger partial charge in [0.15, 0.2) is 0 Å². The van der Waals surface area contributed by atoms with Gasteiger partial charge in [-0.15, -0.1) is 11.3 Å². The van der Waals surface area contributed by atoms with Crippen LogP contribution in [0.4, 0.5) is 0 Å². The summed E-state index contributed by atoms with van der Waals surface area (Å²) >= 11 is 1.63. The Morgan fingerprint density at radius 2 is 2.42 bits per heavy atom. The molecule has 0 saturated carbocycles. The Morgan fingerprint density at radius 3 is 3.12 bits per heavy atom. The average molecular weight is 344 g/mol. The summed E-state index contributed by atoms with van der Waals surface area (Å²) in [5.41, 5.74) is 1.24. The predicted molar refractivity (Wildman–Crippen MR) is 95.5 cm³/mol. The van der Waals surface area contributed by atoms with Gasteiger partial charge in [0, 0.05) is 43.5 Å². The number of likely N-dealkylation sites (tertiary alicyclic amines) is 1. The number of nitrogens with zero attached hydrogens (tertiary/aromatic N) is 3. The van der Waals surface area contributed by atoms with Gasteiger partial charge in [0.1, 0.15) is 5.01 Å². The number of carbonyl (C=O) groups is 1. The van der Waals surface area contributed by atoms with Crippen molar-refractivity contribution in [2.24, 2.45) is 5.92 Å². The van der Waals surface area contributed by atoms with Crippen LogP contribution in [0.15, 0.2) is 36.1 Å². The van der Waals surface area contributed by atoms with E-state index in [4.69, 9.17) is 0 Å². The van der Waals surface area contributed by atoms with Crippen LogP contribution in [0.3, 0.4) is 0 Å². The lowest BCUT2D eigenvalue weighted by Gasteiger charge is -2.36. The second-order valence-corrected chi connectivity index (χ2v) is 7.19. The number of thiazole rings is 1. The minimum atomic E-state index is 0.0224. The fourth-order valence-corrected chi connectivity index (χ4v) is 4.08. The molecule has 1 N–H and O–H groups in total. The van der Waals surface area contributed by atoms with E-state index in [1.807, 2.05) is 30.8 Å². The highest BCUT2D eigenvalue weighted by molar-refractivity contribution is 7.09. The topological polar surface area (TPSA) is 58.1 Å². The SMILES string of the molecule is CCC(=O)N[C@H](c1nccs1)[C@H]1CCCN(Cc2cccnc2)C1. The van der Waals surface area contributed by atoms with Crippen LogP contribution in [0, 0.1) is 5.92 Å². The van der Waals surface area contributed by atoms with E-state index in [-0.39, 0.29) is 11.9 Å². The van der Waals surface area contributed by atoms with Gasteiger partial charge < -0.3 is 5.32 Å². The molecule has 1 aliphatic heterocycles. The molecule has 5 nitrogen and oxygen atoms in total. The lowest BCUT2D eigenvalue weighted by atomic mass is 9.90. The molecule has 2 atom stereocenters. The molecule has 1 aliphatic rings. The Kier molecular flexibility index (Phi) is 5.93. The monoisotopic (exact) mass is 344 g/mol. The normalized spacial score (nSPS) is 19.8. The molecule has 0 spiro atoms. The first-order valence-corrected chi connectivity index (χ1v) is 9.44. The zero-order chi connectivity index (χ0) is 16.8. The second kappa shape index (κ2) is 8.35. The van der Waals surface area contributed by atoms with Gasteiger partial charge in [-0.1, -0.05) is 13.0 Å².